The van der Waals surface area contributed by atoms with Gasteiger partial charge in [-0.25, -0.2) is 18.2 Å². The summed E-state index contributed by atoms with van der Waals surface area (Å²) in [6.45, 7) is -0.538. The maximum atomic E-state index is 14.7. The van der Waals surface area contributed by atoms with Crippen molar-refractivity contribution in [2.24, 2.45) is 0 Å². The highest BCUT2D eigenvalue weighted by Gasteiger charge is 2.50. The van der Waals surface area contributed by atoms with Crippen molar-refractivity contribution in [3.63, 3.8) is 0 Å². The van der Waals surface area contributed by atoms with Crippen LogP contribution in [0.3, 0.4) is 0 Å². The molecule has 6 rings (SSSR count). The number of benzene rings is 1. The number of aryl methyl sites for hydroxylation is 1. The van der Waals surface area contributed by atoms with Crippen LogP contribution < -0.4 is 10.6 Å². The molecule has 8 nitrogen and oxygen atoms in total. The number of piperidine rings is 1. The number of anilines is 1. The predicted molar refractivity (Wildman–Crippen MR) is 140 cm³/mol. The van der Waals surface area contributed by atoms with E-state index in [0.717, 1.165) is 5.56 Å². The second kappa shape index (κ2) is 10.1. The van der Waals surface area contributed by atoms with Gasteiger partial charge >= 0.3 is 6.18 Å². The molecule has 2 aliphatic heterocycles. The van der Waals surface area contributed by atoms with Crippen molar-refractivity contribution in [3.8, 4) is 0 Å². The number of aromatic nitrogens is 2. The molecule has 0 bridgehead atoms. The van der Waals surface area contributed by atoms with E-state index in [-0.39, 0.29) is 18.0 Å². The zero-order valence-electron chi connectivity index (χ0n) is 22.6. The summed E-state index contributed by atoms with van der Waals surface area (Å²) in [5.41, 5.74) is 0.425. The number of aromatic amines is 1. The number of likely N-dealkylation sites (tertiary alicyclic amines) is 1. The minimum atomic E-state index is -4.85. The Morgan fingerprint density at radius 3 is 2.65 bits per heavy atom. The molecule has 0 unspecified atom stereocenters. The SMILES string of the molecule is C[C@@H]1[C@H](c2c(F)ccc(F)c2F)C[C@H](NC(=O)c2cc3c([nH]2)CC[C@]2(C3)C(=O)Nc3ncccc32)C(=O)N1CC(F)(F)F. The molecule has 3 amide bonds. The van der Waals surface area contributed by atoms with E-state index in [0.29, 0.717) is 46.9 Å². The van der Waals surface area contributed by atoms with E-state index in [2.05, 4.69) is 20.6 Å². The maximum absolute atomic E-state index is 14.7. The topological polar surface area (TPSA) is 107 Å². The van der Waals surface area contributed by atoms with Crippen LogP contribution in [0.25, 0.3) is 0 Å². The third-order valence-electron chi connectivity index (χ3n) is 8.77. The fourth-order valence-electron chi connectivity index (χ4n) is 6.64. The Kier molecular flexibility index (Phi) is 6.77. The van der Waals surface area contributed by atoms with E-state index >= 15 is 0 Å². The number of hydrogen-bond acceptors (Lipinski definition) is 4. The Bertz CT molecular complexity index is 1660. The first kappa shape index (κ1) is 28.7. The van der Waals surface area contributed by atoms with Crippen LogP contribution in [-0.4, -0.2) is 57.4 Å². The largest absolute Gasteiger partial charge is 0.406 e. The van der Waals surface area contributed by atoms with Crippen molar-refractivity contribution in [2.45, 2.75) is 62.2 Å². The number of fused-ring (bicyclic) bond motifs is 3. The highest BCUT2D eigenvalue weighted by atomic mass is 19.4. The molecule has 2 aromatic heterocycles. The molecule has 1 spiro atoms. The number of H-pyrrole nitrogens is 1. The minimum absolute atomic E-state index is 0.000301. The molecule has 1 aliphatic carbocycles. The van der Waals surface area contributed by atoms with E-state index < -0.39 is 77.4 Å². The molecule has 3 aliphatic rings. The van der Waals surface area contributed by atoms with E-state index in [9.17, 15) is 40.7 Å². The van der Waals surface area contributed by atoms with E-state index in [4.69, 9.17) is 0 Å². The van der Waals surface area contributed by atoms with Crippen LogP contribution in [-0.2, 0) is 27.8 Å². The molecular weight excluding hydrogens is 580 g/mol. The molecule has 226 valence electrons. The zero-order valence-corrected chi connectivity index (χ0v) is 22.6. The zero-order chi connectivity index (χ0) is 30.8. The number of carbonyl (C=O) groups excluding carboxylic acids is 3. The molecule has 0 radical (unpaired) electrons. The van der Waals surface area contributed by atoms with Crippen molar-refractivity contribution >= 4 is 23.5 Å². The summed E-state index contributed by atoms with van der Waals surface area (Å²) in [5, 5.41) is 5.20. The fraction of sp³-hybridized carbons (Fsp3) is 0.379. The fourth-order valence-corrected chi connectivity index (χ4v) is 6.64. The first-order valence-electron chi connectivity index (χ1n) is 13.6. The number of hydrogen-bond donors (Lipinski definition) is 3. The molecule has 1 fully saturated rings. The molecule has 1 saturated heterocycles. The lowest BCUT2D eigenvalue weighted by molar-refractivity contribution is -0.170. The highest BCUT2D eigenvalue weighted by molar-refractivity contribution is 6.05. The Balaban J connectivity index is 1.28. The summed E-state index contributed by atoms with van der Waals surface area (Å²) in [7, 11) is 0. The van der Waals surface area contributed by atoms with Gasteiger partial charge in [0.15, 0.2) is 11.6 Å². The van der Waals surface area contributed by atoms with Crippen molar-refractivity contribution in [1.29, 1.82) is 0 Å². The van der Waals surface area contributed by atoms with Crippen LogP contribution in [0, 0.1) is 17.5 Å². The van der Waals surface area contributed by atoms with Crippen molar-refractivity contribution in [3.05, 3.63) is 82.1 Å². The monoisotopic (exact) mass is 605 g/mol. The number of nitrogens with zero attached hydrogens (tertiary/aromatic N) is 2. The van der Waals surface area contributed by atoms with E-state index in [1.54, 1.807) is 12.3 Å². The number of carbonyl (C=O) groups is 3. The molecular formula is C29H25F6N5O3. The Labute approximate surface area is 240 Å². The van der Waals surface area contributed by atoms with Crippen LogP contribution in [0.4, 0.5) is 32.2 Å². The van der Waals surface area contributed by atoms with Gasteiger partial charge in [0, 0.05) is 35.0 Å². The number of nitrogens with one attached hydrogen (secondary N) is 3. The van der Waals surface area contributed by atoms with Crippen LogP contribution in [0.2, 0.25) is 0 Å². The van der Waals surface area contributed by atoms with Crippen LogP contribution in [0.15, 0.2) is 36.5 Å². The summed E-state index contributed by atoms with van der Waals surface area (Å²) in [5.74, 6) is -7.20. The number of halogens is 6. The molecule has 0 saturated carbocycles. The van der Waals surface area contributed by atoms with Gasteiger partial charge in [0.05, 0.1) is 5.41 Å². The average molecular weight is 606 g/mol. The molecule has 14 heteroatoms. The van der Waals surface area contributed by atoms with Crippen molar-refractivity contribution in [2.75, 3.05) is 11.9 Å². The van der Waals surface area contributed by atoms with Crippen molar-refractivity contribution in [1.82, 2.24) is 20.2 Å². The number of amides is 3. The quantitative estimate of drug-likeness (QED) is 0.305. The Morgan fingerprint density at radius 2 is 1.91 bits per heavy atom. The average Bonchev–Trinajstić information content (AvgIpc) is 3.49. The van der Waals surface area contributed by atoms with Gasteiger partial charge in [0.25, 0.3) is 5.91 Å². The third kappa shape index (κ3) is 4.82. The Morgan fingerprint density at radius 1 is 1.16 bits per heavy atom. The molecule has 4 heterocycles. The summed E-state index contributed by atoms with van der Waals surface area (Å²) in [6, 6.07) is 3.31. The molecule has 43 heavy (non-hydrogen) atoms. The summed E-state index contributed by atoms with van der Waals surface area (Å²) < 4.78 is 83.8. The van der Waals surface area contributed by atoms with Crippen LogP contribution >= 0.6 is 0 Å². The first-order valence-corrected chi connectivity index (χ1v) is 13.6. The maximum Gasteiger partial charge on any atom is 0.406 e. The highest BCUT2D eigenvalue weighted by Crippen LogP contribution is 2.46. The second-order valence-corrected chi connectivity index (χ2v) is 11.2. The lowest BCUT2D eigenvalue weighted by Gasteiger charge is -2.43. The minimum Gasteiger partial charge on any atom is -0.354 e. The van der Waals surface area contributed by atoms with Gasteiger partial charge in [-0.3, -0.25) is 14.4 Å². The van der Waals surface area contributed by atoms with E-state index in [1.807, 2.05) is 6.07 Å². The van der Waals surface area contributed by atoms with Gasteiger partial charge < -0.3 is 20.5 Å². The Hall–Kier alpha value is -4.36. The number of pyridine rings is 1. The second-order valence-electron chi connectivity index (χ2n) is 11.2. The number of alkyl halides is 3. The smallest absolute Gasteiger partial charge is 0.354 e. The third-order valence-corrected chi connectivity index (χ3v) is 8.77. The van der Waals surface area contributed by atoms with Crippen molar-refractivity contribution < 1.29 is 40.7 Å². The summed E-state index contributed by atoms with van der Waals surface area (Å²) >= 11 is 0. The normalized spacial score (nSPS) is 25.0. The standard InChI is InChI=1S/C29H25F6N5O3/c1-13-15(22-17(30)4-5-18(31)23(22)32)10-21(26(42)40(13)12-29(33,34)35)38-25(41)20-9-14-11-28(7-6-19(14)37-20)16-3-2-8-36-24(16)39-27(28)43/h2-5,8-9,13,15,21,37H,6-7,10-12H2,1H3,(H,38,41)(H,36,39,43)/t13-,15-,21+,28-/m1/s1. The van der Waals surface area contributed by atoms with Gasteiger partial charge in [0.1, 0.15) is 29.9 Å². The van der Waals surface area contributed by atoms with Gasteiger partial charge in [0.2, 0.25) is 11.8 Å². The lowest BCUT2D eigenvalue weighted by Crippen LogP contribution is -2.60. The van der Waals surface area contributed by atoms with Crippen LogP contribution in [0.1, 0.15) is 58.6 Å². The first-order chi connectivity index (χ1) is 20.3. The predicted octanol–water partition coefficient (Wildman–Crippen LogP) is 4.27. The van der Waals surface area contributed by atoms with Gasteiger partial charge in [-0.1, -0.05) is 6.07 Å². The number of rotatable bonds is 4. The van der Waals surface area contributed by atoms with Gasteiger partial charge in [-0.2, -0.15) is 13.2 Å². The molecule has 3 aromatic rings. The van der Waals surface area contributed by atoms with Gasteiger partial charge in [-0.15, -0.1) is 0 Å². The van der Waals surface area contributed by atoms with Gasteiger partial charge in [-0.05, 0) is 62.4 Å². The van der Waals surface area contributed by atoms with Crippen LogP contribution in [0.5, 0.6) is 0 Å². The molecule has 3 N–H and O–H groups in total. The summed E-state index contributed by atoms with van der Waals surface area (Å²) in [6.07, 6.45) is -2.65. The summed E-state index contributed by atoms with van der Waals surface area (Å²) in [4.78, 5) is 47.1. The molecule has 4 atom stereocenters. The van der Waals surface area contributed by atoms with E-state index in [1.165, 1.54) is 13.0 Å². The lowest BCUT2D eigenvalue weighted by atomic mass is 9.70. The molecule has 1 aromatic carbocycles.